The maximum atomic E-state index is 12.3. The van der Waals surface area contributed by atoms with Crippen molar-refractivity contribution >= 4 is 49.8 Å². The molecule has 10 nitrogen and oxygen atoms in total. The standard InChI is InChI=1S/C17H23N5O5S3/c1-17(2,3)13(11-7-6-8-27-11)19-15-14(20-29(24)21-15)18-10-9-28-16(12(10)23)30(25,26)22(4)5/h6-9,13,23H,1-5H3,(H,18,20)(H,19,21)/t13-,29?/m0/s1. The number of aromatic hydroxyl groups is 1. The molecule has 2 atom stereocenters. The average Bonchev–Trinajstić information content (AvgIpc) is 3.34. The van der Waals surface area contributed by atoms with E-state index in [0.717, 1.165) is 15.6 Å². The predicted molar refractivity (Wildman–Crippen MR) is 115 cm³/mol. The summed E-state index contributed by atoms with van der Waals surface area (Å²) in [6.07, 6.45) is 1.56. The van der Waals surface area contributed by atoms with Crippen molar-refractivity contribution in [3.05, 3.63) is 29.5 Å². The van der Waals surface area contributed by atoms with Crippen LogP contribution >= 0.6 is 22.5 Å². The van der Waals surface area contributed by atoms with Crippen LogP contribution in [0.3, 0.4) is 0 Å². The summed E-state index contributed by atoms with van der Waals surface area (Å²) < 4.78 is 50.9. The van der Waals surface area contributed by atoms with Crippen molar-refractivity contribution in [1.82, 2.24) is 13.1 Å². The second kappa shape index (κ2) is 8.15. The molecule has 3 N–H and O–H groups in total. The molecule has 0 saturated heterocycles. The van der Waals surface area contributed by atoms with Gasteiger partial charge in [0.15, 0.2) is 21.1 Å². The fraction of sp³-hybridized carbons (Fsp3) is 0.412. The molecular formula is C17H23N5O5S3. The number of thiophene rings is 1. The Morgan fingerprint density at radius 2 is 1.97 bits per heavy atom. The quantitative estimate of drug-likeness (QED) is 0.437. The van der Waals surface area contributed by atoms with Crippen LogP contribution in [0.15, 0.2) is 32.4 Å². The smallest absolute Gasteiger partial charge is 0.255 e. The minimum atomic E-state index is -3.81. The van der Waals surface area contributed by atoms with E-state index in [1.807, 2.05) is 26.8 Å². The Bertz CT molecular complexity index is 1110. The van der Waals surface area contributed by atoms with E-state index < -0.39 is 26.9 Å². The number of sulfonamides is 1. The minimum absolute atomic E-state index is 0.121. The summed E-state index contributed by atoms with van der Waals surface area (Å²) in [5, 5.41) is 17.9. The molecule has 3 heterocycles. The molecular weight excluding hydrogens is 450 g/mol. The summed E-state index contributed by atoms with van der Waals surface area (Å²) in [6.45, 7) is 6.02. The number of hydrogen-bond donors (Lipinski definition) is 3. The van der Waals surface area contributed by atoms with E-state index in [0.29, 0.717) is 5.76 Å². The lowest BCUT2D eigenvalue weighted by Gasteiger charge is -2.29. The average molecular weight is 474 g/mol. The Morgan fingerprint density at radius 3 is 2.53 bits per heavy atom. The Labute approximate surface area is 181 Å². The summed E-state index contributed by atoms with van der Waals surface area (Å²) in [6, 6.07) is 3.28. The summed E-state index contributed by atoms with van der Waals surface area (Å²) in [4.78, 5) is 0. The second-order valence-electron chi connectivity index (χ2n) is 7.77. The van der Waals surface area contributed by atoms with E-state index in [1.54, 1.807) is 12.3 Å². The number of anilines is 3. The molecule has 3 aromatic rings. The first-order chi connectivity index (χ1) is 13.9. The van der Waals surface area contributed by atoms with Gasteiger partial charge in [-0.1, -0.05) is 20.8 Å². The lowest BCUT2D eigenvalue weighted by molar-refractivity contribution is 0.304. The molecule has 3 rings (SSSR count). The van der Waals surface area contributed by atoms with E-state index in [-0.39, 0.29) is 33.0 Å². The number of hydrogen-bond acceptors (Lipinski definition) is 10. The van der Waals surface area contributed by atoms with Gasteiger partial charge in [-0.15, -0.1) is 11.3 Å². The molecule has 1 unspecified atom stereocenters. The van der Waals surface area contributed by atoms with Gasteiger partial charge in [0.2, 0.25) is 11.6 Å². The van der Waals surface area contributed by atoms with Crippen LogP contribution in [0.1, 0.15) is 32.6 Å². The van der Waals surface area contributed by atoms with Gasteiger partial charge in [0, 0.05) is 28.2 Å². The molecule has 0 fully saturated rings. The normalized spacial score (nSPS) is 14.2. The van der Waals surface area contributed by atoms with Gasteiger partial charge in [-0.05, 0) is 17.5 Å². The van der Waals surface area contributed by atoms with Gasteiger partial charge in [-0.2, -0.15) is 0 Å². The number of rotatable bonds is 7. The third-order valence-electron chi connectivity index (χ3n) is 4.24. The summed E-state index contributed by atoms with van der Waals surface area (Å²) >= 11 is -0.991. The summed E-state index contributed by atoms with van der Waals surface area (Å²) in [5.41, 5.74) is -0.162. The first-order valence-corrected chi connectivity index (χ1v) is 12.2. The van der Waals surface area contributed by atoms with Crippen LogP contribution in [0.5, 0.6) is 5.75 Å². The molecule has 0 amide bonds. The van der Waals surface area contributed by atoms with Gasteiger partial charge >= 0.3 is 0 Å². The van der Waals surface area contributed by atoms with Crippen molar-refractivity contribution in [2.75, 3.05) is 24.7 Å². The van der Waals surface area contributed by atoms with Crippen LogP contribution < -0.4 is 10.6 Å². The van der Waals surface area contributed by atoms with Crippen LogP contribution in [0, 0.1) is 5.41 Å². The monoisotopic (exact) mass is 473 g/mol. The molecule has 164 valence electrons. The molecule has 0 aliphatic heterocycles. The van der Waals surface area contributed by atoms with Crippen molar-refractivity contribution in [1.29, 1.82) is 0 Å². The lowest BCUT2D eigenvalue weighted by Crippen LogP contribution is -2.25. The first kappa shape index (κ1) is 22.5. The number of nitrogens with one attached hydrogen (secondary N) is 2. The van der Waals surface area contributed by atoms with Crippen molar-refractivity contribution in [3.8, 4) is 5.75 Å². The molecule has 3 aromatic heterocycles. The van der Waals surface area contributed by atoms with Crippen LogP contribution in [-0.2, 0) is 10.0 Å². The third-order valence-corrected chi connectivity index (χ3v) is 8.22. The highest BCUT2D eigenvalue weighted by Crippen LogP contribution is 2.42. The summed E-state index contributed by atoms with van der Waals surface area (Å²) in [5.74, 6) is 0.565. The fourth-order valence-electron chi connectivity index (χ4n) is 2.65. The molecule has 0 aliphatic carbocycles. The van der Waals surface area contributed by atoms with E-state index in [9.17, 15) is 18.1 Å². The van der Waals surface area contributed by atoms with E-state index >= 15 is 0 Å². The SMILES string of the molecule is CN(C)S(=O)(=O)c1scc(Nc2n[s+]([O-])nc2N[C@@H](c2ccco2)C(C)(C)C)c1O. The molecule has 0 aliphatic rings. The van der Waals surface area contributed by atoms with E-state index in [1.165, 1.54) is 19.5 Å². The molecule has 0 saturated carbocycles. The van der Waals surface area contributed by atoms with Gasteiger partial charge in [-0.3, -0.25) is 0 Å². The van der Waals surface area contributed by atoms with Crippen LogP contribution in [0.2, 0.25) is 0 Å². The number of aromatic nitrogens is 2. The van der Waals surface area contributed by atoms with Gasteiger partial charge in [0.05, 0.1) is 18.0 Å². The zero-order chi connectivity index (χ0) is 22.3. The number of furan rings is 1. The fourth-order valence-corrected chi connectivity index (χ4v) is 5.65. The van der Waals surface area contributed by atoms with Gasteiger partial charge in [0.1, 0.15) is 5.76 Å². The van der Waals surface area contributed by atoms with Crippen LogP contribution in [0.4, 0.5) is 17.3 Å². The van der Waals surface area contributed by atoms with Gasteiger partial charge in [0.25, 0.3) is 10.0 Å². The van der Waals surface area contributed by atoms with Crippen molar-refractivity contribution < 1.29 is 22.5 Å². The van der Waals surface area contributed by atoms with Crippen molar-refractivity contribution in [2.45, 2.75) is 31.0 Å². The summed E-state index contributed by atoms with van der Waals surface area (Å²) in [7, 11) is -1.06. The Morgan fingerprint density at radius 1 is 1.30 bits per heavy atom. The molecule has 0 spiro atoms. The molecule has 0 bridgehead atoms. The lowest BCUT2D eigenvalue weighted by atomic mass is 9.85. The third kappa shape index (κ3) is 4.44. The Balaban J connectivity index is 1.93. The number of nitrogens with zero attached hydrogens (tertiary/aromatic N) is 3. The second-order valence-corrected chi connectivity index (χ2v) is 11.8. The molecule has 13 heteroatoms. The van der Waals surface area contributed by atoms with Gasteiger partial charge in [-0.25, -0.2) is 12.7 Å². The highest BCUT2D eigenvalue weighted by atomic mass is 32.2. The highest BCUT2D eigenvalue weighted by Gasteiger charge is 2.32. The van der Waals surface area contributed by atoms with Crippen molar-refractivity contribution in [3.63, 3.8) is 0 Å². The van der Waals surface area contributed by atoms with E-state index in [4.69, 9.17) is 4.42 Å². The van der Waals surface area contributed by atoms with Crippen LogP contribution in [-0.4, -0.2) is 45.2 Å². The van der Waals surface area contributed by atoms with Crippen molar-refractivity contribution in [2.24, 2.45) is 5.41 Å². The molecule has 0 radical (unpaired) electrons. The zero-order valence-corrected chi connectivity index (χ0v) is 19.5. The largest absolute Gasteiger partial charge is 0.546 e. The van der Waals surface area contributed by atoms with Gasteiger partial charge < -0.3 is 24.7 Å². The van der Waals surface area contributed by atoms with Crippen LogP contribution in [0.25, 0.3) is 0 Å². The minimum Gasteiger partial charge on any atom is -0.546 e. The maximum Gasteiger partial charge on any atom is 0.255 e. The Hall–Kier alpha value is -2.19. The topological polar surface area (TPSA) is 144 Å². The Kier molecular flexibility index (Phi) is 6.11. The highest BCUT2D eigenvalue weighted by molar-refractivity contribution is 7.91. The molecule has 0 aromatic carbocycles. The zero-order valence-electron chi connectivity index (χ0n) is 17.0. The molecule has 30 heavy (non-hydrogen) atoms. The predicted octanol–water partition coefficient (Wildman–Crippen LogP) is 3.76. The first-order valence-electron chi connectivity index (χ1n) is 8.81. The van der Waals surface area contributed by atoms with E-state index in [2.05, 4.69) is 19.4 Å². The maximum absolute atomic E-state index is 12.3.